The molecule has 5 heteroatoms. The number of fused-ring (bicyclic) bond motifs is 1. The quantitative estimate of drug-likeness (QED) is 0.618. The number of likely N-dealkylation sites (N-methyl/N-ethyl adjacent to an activating group) is 1. The number of quaternary nitrogens is 1. The van der Waals surface area contributed by atoms with E-state index >= 15 is 0 Å². The molecule has 0 aliphatic carbocycles. The molecule has 2 aromatic carbocycles. The maximum atomic E-state index is 13.5. The van der Waals surface area contributed by atoms with Crippen LogP contribution in [0.2, 0.25) is 0 Å². The van der Waals surface area contributed by atoms with E-state index in [-0.39, 0.29) is 17.6 Å². The Balaban J connectivity index is 1.95. The molecule has 0 bridgehead atoms. The van der Waals surface area contributed by atoms with Gasteiger partial charge in [-0.2, -0.15) is 0 Å². The molecule has 28 heavy (non-hydrogen) atoms. The molecule has 3 rings (SSSR count). The standard InChI is InChI=1S/C23H28FN3O/c1-4-27-16-21(19-7-5-6-8-22(19)27)20(17-9-11-18(24)12-10-17)15-23(28)25-13-14-26(2)3/h5-12,16,20H,4,13-15H2,1-3H3,(H,25,28)/p+1/t20-/m1/s1. The first kappa shape index (κ1) is 20.1. The summed E-state index contributed by atoms with van der Waals surface area (Å²) in [6.07, 6.45) is 2.47. The highest BCUT2D eigenvalue weighted by Gasteiger charge is 2.22. The zero-order valence-corrected chi connectivity index (χ0v) is 16.8. The highest BCUT2D eigenvalue weighted by Crippen LogP contribution is 2.34. The Morgan fingerprint density at radius 1 is 1.14 bits per heavy atom. The van der Waals surface area contributed by atoms with Crippen LogP contribution in [0.25, 0.3) is 10.9 Å². The molecular formula is C23H29FN3O+. The number of rotatable bonds is 8. The fourth-order valence-corrected chi connectivity index (χ4v) is 3.63. The van der Waals surface area contributed by atoms with Gasteiger partial charge in [-0.15, -0.1) is 0 Å². The SMILES string of the molecule is CCn1cc([C@H](CC(=O)NCC[NH+](C)C)c2ccc(F)cc2)c2ccccc21. The van der Waals surface area contributed by atoms with Crippen LogP contribution in [0, 0.1) is 5.82 Å². The van der Waals surface area contributed by atoms with Gasteiger partial charge in [0.2, 0.25) is 5.91 Å². The lowest BCUT2D eigenvalue weighted by Gasteiger charge is -2.17. The van der Waals surface area contributed by atoms with Crippen molar-refractivity contribution in [2.45, 2.75) is 25.8 Å². The molecule has 1 atom stereocenters. The number of benzene rings is 2. The molecule has 3 aromatic rings. The predicted molar refractivity (Wildman–Crippen MR) is 111 cm³/mol. The van der Waals surface area contributed by atoms with Crippen molar-refractivity contribution in [1.29, 1.82) is 0 Å². The molecule has 0 aliphatic heterocycles. The van der Waals surface area contributed by atoms with Gasteiger partial charge < -0.3 is 14.8 Å². The van der Waals surface area contributed by atoms with Crippen molar-refractivity contribution in [3.8, 4) is 0 Å². The minimum atomic E-state index is -0.267. The number of aryl methyl sites for hydroxylation is 1. The Morgan fingerprint density at radius 3 is 2.54 bits per heavy atom. The van der Waals surface area contributed by atoms with Crippen molar-refractivity contribution >= 4 is 16.8 Å². The first-order valence-corrected chi connectivity index (χ1v) is 9.88. The van der Waals surface area contributed by atoms with E-state index in [2.05, 4.69) is 49.2 Å². The predicted octanol–water partition coefficient (Wildman–Crippen LogP) is 2.58. The van der Waals surface area contributed by atoms with Gasteiger partial charge in [-0.3, -0.25) is 4.79 Å². The largest absolute Gasteiger partial charge is 0.350 e. The van der Waals surface area contributed by atoms with Crippen molar-refractivity contribution in [2.75, 3.05) is 27.2 Å². The summed E-state index contributed by atoms with van der Waals surface area (Å²) in [5.41, 5.74) is 3.22. The lowest BCUT2D eigenvalue weighted by molar-refractivity contribution is -0.856. The summed E-state index contributed by atoms with van der Waals surface area (Å²) in [4.78, 5) is 14.0. The Labute approximate surface area is 166 Å². The third kappa shape index (κ3) is 4.60. The van der Waals surface area contributed by atoms with E-state index in [4.69, 9.17) is 0 Å². The van der Waals surface area contributed by atoms with Gasteiger partial charge in [0.1, 0.15) is 5.82 Å². The number of carbonyl (C=O) groups excluding carboxylic acids is 1. The maximum Gasteiger partial charge on any atom is 0.221 e. The van der Waals surface area contributed by atoms with Gasteiger partial charge in [-0.25, -0.2) is 4.39 Å². The highest BCUT2D eigenvalue weighted by atomic mass is 19.1. The Hall–Kier alpha value is -2.66. The molecule has 148 valence electrons. The molecule has 0 saturated heterocycles. The number of carbonyl (C=O) groups is 1. The average molecular weight is 383 g/mol. The molecule has 1 aromatic heterocycles. The summed E-state index contributed by atoms with van der Waals surface area (Å²) in [5, 5.41) is 4.17. The monoisotopic (exact) mass is 382 g/mol. The molecule has 1 heterocycles. The number of amides is 1. The van der Waals surface area contributed by atoms with Gasteiger partial charge in [-0.1, -0.05) is 30.3 Å². The first-order chi connectivity index (χ1) is 13.5. The third-order valence-electron chi connectivity index (χ3n) is 5.14. The summed E-state index contributed by atoms with van der Waals surface area (Å²) in [6, 6.07) is 14.8. The molecule has 4 nitrogen and oxygen atoms in total. The van der Waals surface area contributed by atoms with Crippen LogP contribution in [-0.2, 0) is 11.3 Å². The Morgan fingerprint density at radius 2 is 1.86 bits per heavy atom. The van der Waals surface area contributed by atoms with E-state index in [0.717, 1.165) is 35.1 Å². The van der Waals surface area contributed by atoms with E-state index in [1.54, 1.807) is 12.1 Å². The van der Waals surface area contributed by atoms with Crippen LogP contribution in [0.3, 0.4) is 0 Å². The lowest BCUT2D eigenvalue weighted by Crippen LogP contribution is -3.06. The van der Waals surface area contributed by atoms with E-state index in [9.17, 15) is 9.18 Å². The van der Waals surface area contributed by atoms with Gasteiger partial charge >= 0.3 is 0 Å². The molecule has 0 spiro atoms. The molecule has 0 saturated carbocycles. The molecule has 0 radical (unpaired) electrons. The normalized spacial score (nSPS) is 12.5. The van der Waals surface area contributed by atoms with Gasteiger partial charge in [0, 0.05) is 36.0 Å². The molecule has 2 N–H and O–H groups in total. The van der Waals surface area contributed by atoms with E-state index in [1.807, 2.05) is 12.1 Å². The van der Waals surface area contributed by atoms with E-state index in [0.29, 0.717) is 13.0 Å². The number of nitrogens with one attached hydrogen (secondary N) is 2. The van der Waals surface area contributed by atoms with Crippen molar-refractivity contribution in [1.82, 2.24) is 9.88 Å². The lowest BCUT2D eigenvalue weighted by atomic mass is 9.88. The van der Waals surface area contributed by atoms with Crippen molar-refractivity contribution < 1.29 is 14.1 Å². The molecule has 0 unspecified atom stereocenters. The molecule has 0 fully saturated rings. The number of hydrogen-bond acceptors (Lipinski definition) is 1. The van der Waals surface area contributed by atoms with Crippen LogP contribution in [0.1, 0.15) is 30.4 Å². The fourth-order valence-electron chi connectivity index (χ4n) is 3.63. The first-order valence-electron chi connectivity index (χ1n) is 9.88. The summed E-state index contributed by atoms with van der Waals surface area (Å²) < 4.78 is 15.7. The van der Waals surface area contributed by atoms with Crippen molar-refractivity contribution in [3.05, 3.63) is 71.7 Å². The summed E-state index contributed by atoms with van der Waals surface area (Å²) in [6.45, 7) is 4.49. The fraction of sp³-hybridized carbons (Fsp3) is 0.348. The number of aromatic nitrogens is 1. The Kier molecular flexibility index (Phi) is 6.47. The topological polar surface area (TPSA) is 38.5 Å². The second-order valence-corrected chi connectivity index (χ2v) is 7.50. The van der Waals surface area contributed by atoms with Crippen molar-refractivity contribution in [3.63, 3.8) is 0 Å². The number of nitrogens with zero attached hydrogens (tertiary/aromatic N) is 1. The van der Waals surface area contributed by atoms with Crippen LogP contribution < -0.4 is 10.2 Å². The molecule has 0 aliphatic rings. The van der Waals surface area contributed by atoms with Gasteiger partial charge in [0.25, 0.3) is 0 Å². The van der Waals surface area contributed by atoms with Crippen LogP contribution in [0.5, 0.6) is 0 Å². The van der Waals surface area contributed by atoms with Gasteiger partial charge in [0.05, 0.1) is 27.2 Å². The minimum Gasteiger partial charge on any atom is -0.350 e. The summed E-state index contributed by atoms with van der Waals surface area (Å²) >= 11 is 0. The van der Waals surface area contributed by atoms with Gasteiger partial charge in [0.15, 0.2) is 0 Å². The number of halogens is 1. The van der Waals surface area contributed by atoms with Crippen molar-refractivity contribution in [2.24, 2.45) is 0 Å². The van der Waals surface area contributed by atoms with Crippen LogP contribution >= 0.6 is 0 Å². The smallest absolute Gasteiger partial charge is 0.221 e. The zero-order chi connectivity index (χ0) is 20.1. The average Bonchev–Trinajstić information content (AvgIpc) is 3.05. The molecule has 1 amide bonds. The minimum absolute atomic E-state index is 0.0175. The third-order valence-corrected chi connectivity index (χ3v) is 5.14. The van der Waals surface area contributed by atoms with Crippen LogP contribution in [0.15, 0.2) is 54.7 Å². The summed E-state index contributed by atoms with van der Waals surface area (Å²) in [7, 11) is 4.13. The van der Waals surface area contributed by atoms with Crippen LogP contribution in [0.4, 0.5) is 4.39 Å². The van der Waals surface area contributed by atoms with Crippen LogP contribution in [-0.4, -0.2) is 37.7 Å². The van der Waals surface area contributed by atoms with E-state index in [1.165, 1.54) is 17.0 Å². The molecular weight excluding hydrogens is 353 g/mol. The van der Waals surface area contributed by atoms with E-state index < -0.39 is 0 Å². The number of hydrogen-bond donors (Lipinski definition) is 2. The second-order valence-electron chi connectivity index (χ2n) is 7.50. The highest BCUT2D eigenvalue weighted by molar-refractivity contribution is 5.86. The maximum absolute atomic E-state index is 13.5. The summed E-state index contributed by atoms with van der Waals surface area (Å²) in [5.74, 6) is -0.370. The van der Waals surface area contributed by atoms with Gasteiger partial charge in [-0.05, 0) is 36.2 Å². The zero-order valence-electron chi connectivity index (χ0n) is 16.8. The Bertz CT molecular complexity index is 931. The number of para-hydroxylation sites is 1. The second kappa shape index (κ2) is 9.02.